The summed E-state index contributed by atoms with van der Waals surface area (Å²) < 4.78 is 5.43. The van der Waals surface area contributed by atoms with E-state index in [2.05, 4.69) is 43.5 Å². The molecule has 0 rings (SSSR count). The molecule has 1 amide bonds. The zero-order valence-corrected chi connectivity index (χ0v) is 38.5. The molecular weight excluding hydrogens is 719 g/mol. The van der Waals surface area contributed by atoms with Crippen LogP contribution in [0.3, 0.4) is 0 Å². The molecule has 3 N–H and O–H groups in total. The predicted molar refractivity (Wildman–Crippen MR) is 250 cm³/mol. The number of nitrogens with one attached hydrogen (secondary N) is 1. The van der Waals surface area contributed by atoms with Gasteiger partial charge in [-0.2, -0.15) is 0 Å². The third-order valence-electron chi connectivity index (χ3n) is 11.4. The largest absolute Gasteiger partial charge is 0.466 e. The highest BCUT2D eigenvalue weighted by Crippen LogP contribution is 2.15. The average Bonchev–Trinajstić information content (AvgIpc) is 3.22. The Bertz CT molecular complexity index is 946. The zero-order valence-electron chi connectivity index (χ0n) is 38.5. The Kier molecular flexibility index (Phi) is 46.2. The molecule has 58 heavy (non-hydrogen) atoms. The van der Waals surface area contributed by atoms with Crippen LogP contribution in [0.4, 0.5) is 0 Å². The first kappa shape index (κ1) is 56.1. The monoisotopic (exact) mass is 816 g/mol. The van der Waals surface area contributed by atoms with Gasteiger partial charge in [0.1, 0.15) is 0 Å². The van der Waals surface area contributed by atoms with E-state index < -0.39 is 12.1 Å². The Morgan fingerprint density at radius 2 is 0.828 bits per heavy atom. The van der Waals surface area contributed by atoms with Gasteiger partial charge in [-0.3, -0.25) is 9.59 Å². The molecule has 0 saturated heterocycles. The summed E-state index contributed by atoms with van der Waals surface area (Å²) in [6.07, 6.45) is 57.1. The summed E-state index contributed by atoms with van der Waals surface area (Å²) in [6.45, 7) is 4.82. The Labute approximate surface area is 360 Å². The Hall–Kier alpha value is -1.92. The maximum Gasteiger partial charge on any atom is 0.305 e. The van der Waals surface area contributed by atoms with Crippen molar-refractivity contribution in [1.82, 2.24) is 5.32 Å². The number of aliphatic hydroxyl groups excluding tert-OH is 2. The van der Waals surface area contributed by atoms with Crippen molar-refractivity contribution in [3.63, 3.8) is 0 Å². The molecule has 0 aromatic rings. The summed E-state index contributed by atoms with van der Waals surface area (Å²) in [5, 5.41) is 23.0. The van der Waals surface area contributed by atoms with E-state index in [-0.39, 0.29) is 18.5 Å². The molecule has 6 nitrogen and oxygen atoms in total. The van der Waals surface area contributed by atoms with Crippen LogP contribution in [0.2, 0.25) is 0 Å². The van der Waals surface area contributed by atoms with Crippen LogP contribution >= 0.6 is 0 Å². The maximum absolute atomic E-state index is 12.4. The number of rotatable bonds is 46. The fourth-order valence-electron chi connectivity index (χ4n) is 7.43. The Morgan fingerprint density at radius 3 is 1.28 bits per heavy atom. The fourth-order valence-corrected chi connectivity index (χ4v) is 7.43. The third kappa shape index (κ3) is 43.7. The van der Waals surface area contributed by atoms with Crippen LogP contribution in [-0.4, -0.2) is 47.4 Å². The van der Waals surface area contributed by atoms with Gasteiger partial charge in [-0.05, 0) is 77.0 Å². The van der Waals surface area contributed by atoms with Crippen LogP contribution < -0.4 is 5.32 Å². The smallest absolute Gasteiger partial charge is 0.305 e. The standard InChI is InChI=1S/C52H97NO5/c1-3-5-7-9-11-13-15-16-18-21-25-28-32-36-40-44-50(55)49(48-54)53-51(56)45-41-37-33-29-26-22-19-17-20-23-27-31-35-39-43-47-58-52(57)46-42-38-34-30-24-14-12-10-8-6-4-2/h10,12,20,23,40,44,49-50,54-55H,3-9,11,13-19,21-22,24-39,41-43,45-48H2,1-2H3,(H,53,56)/b12-10-,23-20-,44-40+. The molecule has 0 aromatic heterocycles. The van der Waals surface area contributed by atoms with Crippen molar-refractivity contribution in [3.05, 3.63) is 36.5 Å². The SMILES string of the molecule is CCCC/C=C\CCCCCCCC(=O)OCCCCCC/C=C\CCCCCCCCCC(=O)NC(CO)C(O)/C=C/CCCCCCCCCCCCCCC. The highest BCUT2D eigenvalue weighted by Gasteiger charge is 2.18. The quantitative estimate of drug-likeness (QED) is 0.0323. The van der Waals surface area contributed by atoms with Crippen molar-refractivity contribution < 1.29 is 24.5 Å². The van der Waals surface area contributed by atoms with Gasteiger partial charge < -0.3 is 20.3 Å². The number of aliphatic hydroxyl groups is 2. The maximum atomic E-state index is 12.4. The molecule has 6 heteroatoms. The van der Waals surface area contributed by atoms with Crippen LogP contribution in [0.1, 0.15) is 258 Å². The second-order valence-electron chi connectivity index (χ2n) is 17.1. The first-order valence-corrected chi connectivity index (χ1v) is 25.3. The van der Waals surface area contributed by atoms with E-state index in [0.29, 0.717) is 19.4 Å². The third-order valence-corrected chi connectivity index (χ3v) is 11.4. The second-order valence-corrected chi connectivity index (χ2v) is 17.1. The van der Waals surface area contributed by atoms with Gasteiger partial charge in [-0.25, -0.2) is 0 Å². The van der Waals surface area contributed by atoms with Crippen molar-refractivity contribution in [2.75, 3.05) is 13.2 Å². The number of hydrogen-bond donors (Lipinski definition) is 3. The topological polar surface area (TPSA) is 95.9 Å². The van der Waals surface area contributed by atoms with Gasteiger partial charge in [0.15, 0.2) is 0 Å². The number of amides is 1. The zero-order chi connectivity index (χ0) is 42.3. The van der Waals surface area contributed by atoms with Gasteiger partial charge in [-0.15, -0.1) is 0 Å². The normalized spacial score (nSPS) is 13.0. The lowest BCUT2D eigenvalue weighted by atomic mass is 10.0. The van der Waals surface area contributed by atoms with E-state index in [9.17, 15) is 19.8 Å². The van der Waals surface area contributed by atoms with Gasteiger partial charge in [0.2, 0.25) is 5.91 Å². The summed E-state index contributed by atoms with van der Waals surface area (Å²) in [5.41, 5.74) is 0. The minimum Gasteiger partial charge on any atom is -0.466 e. The lowest BCUT2D eigenvalue weighted by molar-refractivity contribution is -0.143. The first-order chi connectivity index (χ1) is 28.5. The van der Waals surface area contributed by atoms with Crippen molar-refractivity contribution in [2.45, 2.75) is 270 Å². The minimum absolute atomic E-state index is 0.0230. The molecule has 0 heterocycles. The first-order valence-electron chi connectivity index (χ1n) is 25.3. The van der Waals surface area contributed by atoms with Crippen molar-refractivity contribution in [3.8, 4) is 0 Å². The van der Waals surface area contributed by atoms with Crippen LogP contribution in [0.5, 0.6) is 0 Å². The summed E-state index contributed by atoms with van der Waals surface area (Å²) >= 11 is 0. The lowest BCUT2D eigenvalue weighted by Crippen LogP contribution is -2.45. The molecule has 2 atom stereocenters. The molecule has 0 aliphatic heterocycles. The van der Waals surface area contributed by atoms with Gasteiger partial charge >= 0.3 is 5.97 Å². The molecule has 2 unspecified atom stereocenters. The number of carbonyl (C=O) groups is 2. The van der Waals surface area contributed by atoms with Gasteiger partial charge in [-0.1, -0.05) is 204 Å². The Morgan fingerprint density at radius 1 is 0.466 bits per heavy atom. The molecular formula is C52H97NO5. The summed E-state index contributed by atoms with van der Waals surface area (Å²) in [5.74, 6) is -0.107. The molecule has 340 valence electrons. The van der Waals surface area contributed by atoms with E-state index in [1.807, 2.05) is 6.08 Å². The van der Waals surface area contributed by atoms with E-state index >= 15 is 0 Å². The molecule has 0 aliphatic rings. The van der Waals surface area contributed by atoms with E-state index in [4.69, 9.17) is 4.74 Å². The number of allylic oxidation sites excluding steroid dienone is 5. The number of unbranched alkanes of at least 4 members (excludes halogenated alkanes) is 31. The average molecular weight is 816 g/mol. The number of hydrogen-bond acceptors (Lipinski definition) is 5. The Balaban J connectivity index is 3.53. The molecule has 0 aliphatic carbocycles. The van der Waals surface area contributed by atoms with Crippen molar-refractivity contribution in [1.29, 1.82) is 0 Å². The fraction of sp³-hybridized carbons (Fsp3) is 0.846. The second kappa shape index (κ2) is 47.8. The van der Waals surface area contributed by atoms with Gasteiger partial charge in [0.05, 0.1) is 25.4 Å². The molecule has 0 fully saturated rings. The minimum atomic E-state index is -0.854. The van der Waals surface area contributed by atoms with Crippen molar-refractivity contribution >= 4 is 11.9 Å². The predicted octanol–water partition coefficient (Wildman–Crippen LogP) is 14.9. The summed E-state index contributed by atoms with van der Waals surface area (Å²) in [6, 6.07) is -0.639. The lowest BCUT2D eigenvalue weighted by Gasteiger charge is -2.20. The number of ether oxygens (including phenoxy) is 1. The van der Waals surface area contributed by atoms with Gasteiger partial charge in [0.25, 0.3) is 0 Å². The molecule has 0 bridgehead atoms. The van der Waals surface area contributed by atoms with Crippen LogP contribution in [0, 0.1) is 0 Å². The highest BCUT2D eigenvalue weighted by atomic mass is 16.5. The van der Waals surface area contributed by atoms with E-state index in [1.165, 1.54) is 161 Å². The van der Waals surface area contributed by atoms with E-state index in [0.717, 1.165) is 70.6 Å². The number of carbonyl (C=O) groups excluding carboxylic acids is 2. The summed E-state index contributed by atoms with van der Waals surface area (Å²) in [4.78, 5) is 24.4. The van der Waals surface area contributed by atoms with E-state index in [1.54, 1.807) is 6.08 Å². The molecule has 0 saturated carbocycles. The summed E-state index contributed by atoms with van der Waals surface area (Å²) in [7, 11) is 0. The van der Waals surface area contributed by atoms with Crippen LogP contribution in [0.15, 0.2) is 36.5 Å². The molecule has 0 aromatic carbocycles. The van der Waals surface area contributed by atoms with Gasteiger partial charge in [0, 0.05) is 12.8 Å². The highest BCUT2D eigenvalue weighted by molar-refractivity contribution is 5.76. The van der Waals surface area contributed by atoms with Crippen LogP contribution in [0.25, 0.3) is 0 Å². The van der Waals surface area contributed by atoms with Crippen molar-refractivity contribution in [2.24, 2.45) is 0 Å². The molecule has 0 spiro atoms. The van der Waals surface area contributed by atoms with Crippen LogP contribution in [-0.2, 0) is 14.3 Å². The number of esters is 1. The molecule has 0 radical (unpaired) electrons.